The predicted molar refractivity (Wildman–Crippen MR) is 122 cm³/mol. The first-order valence-electron chi connectivity index (χ1n) is 9.90. The Balaban J connectivity index is 1.79. The van der Waals surface area contributed by atoms with Crippen molar-refractivity contribution in [3.63, 3.8) is 0 Å². The van der Waals surface area contributed by atoms with Gasteiger partial charge in [-0.25, -0.2) is 0 Å². The van der Waals surface area contributed by atoms with E-state index in [4.69, 9.17) is 5.73 Å². The molecule has 4 heteroatoms. The van der Waals surface area contributed by atoms with Gasteiger partial charge in [0.15, 0.2) is 0 Å². The number of hydrogen-bond donors (Lipinski definition) is 1. The fourth-order valence-corrected chi connectivity index (χ4v) is 4.17. The van der Waals surface area contributed by atoms with Crippen LogP contribution in [0, 0.1) is 0 Å². The number of fused-ring (bicyclic) bond motifs is 3. The zero-order valence-corrected chi connectivity index (χ0v) is 16.4. The van der Waals surface area contributed by atoms with Gasteiger partial charge in [0.2, 0.25) is 0 Å². The molecule has 0 atom stereocenters. The van der Waals surface area contributed by atoms with E-state index in [1.807, 2.05) is 72.8 Å². The van der Waals surface area contributed by atoms with Crippen molar-refractivity contribution in [2.45, 2.75) is 6.18 Å². The molecule has 0 unspecified atom stereocenters. The maximum absolute atomic E-state index is 12.9. The molecule has 0 amide bonds. The minimum atomic E-state index is -4.35. The maximum atomic E-state index is 12.9. The highest BCUT2D eigenvalue weighted by molar-refractivity contribution is 6.20. The molecule has 0 aliphatic heterocycles. The Hall–Kier alpha value is -3.79. The molecule has 5 aromatic rings. The molecule has 0 fully saturated rings. The Kier molecular flexibility index (Phi) is 4.44. The van der Waals surface area contributed by atoms with Crippen LogP contribution in [0.25, 0.3) is 43.8 Å². The van der Waals surface area contributed by atoms with Crippen LogP contribution in [-0.4, -0.2) is 0 Å². The van der Waals surface area contributed by atoms with Gasteiger partial charge in [0, 0.05) is 16.6 Å². The Labute approximate surface area is 177 Å². The van der Waals surface area contributed by atoms with Gasteiger partial charge in [-0.05, 0) is 51.0 Å². The van der Waals surface area contributed by atoms with Crippen molar-refractivity contribution < 1.29 is 13.2 Å². The molecule has 0 saturated heterocycles. The summed E-state index contributed by atoms with van der Waals surface area (Å²) in [5.74, 6) is 0. The minimum Gasteiger partial charge on any atom is -0.398 e. The summed E-state index contributed by atoms with van der Waals surface area (Å²) in [6, 6.07) is 29.2. The lowest BCUT2D eigenvalue weighted by atomic mass is 9.89. The number of nitrogens with two attached hydrogens (primary N) is 1. The van der Waals surface area contributed by atoms with Gasteiger partial charge in [-0.1, -0.05) is 78.9 Å². The molecule has 0 heterocycles. The first-order valence-corrected chi connectivity index (χ1v) is 9.90. The van der Waals surface area contributed by atoms with Crippen LogP contribution < -0.4 is 5.73 Å². The van der Waals surface area contributed by atoms with E-state index in [0.29, 0.717) is 5.69 Å². The topological polar surface area (TPSA) is 26.0 Å². The third-order valence-electron chi connectivity index (χ3n) is 5.67. The van der Waals surface area contributed by atoms with E-state index in [9.17, 15) is 13.2 Å². The first-order chi connectivity index (χ1) is 14.9. The molecule has 0 radical (unpaired) electrons. The van der Waals surface area contributed by atoms with Gasteiger partial charge in [-0.15, -0.1) is 0 Å². The molecule has 2 N–H and O–H groups in total. The average molecular weight is 413 g/mol. The Morgan fingerprint density at radius 2 is 1.10 bits per heavy atom. The lowest BCUT2D eigenvalue weighted by molar-refractivity contribution is -0.137. The highest BCUT2D eigenvalue weighted by Crippen LogP contribution is 2.42. The predicted octanol–water partition coefficient (Wildman–Crippen LogP) is 7.93. The van der Waals surface area contributed by atoms with Crippen LogP contribution in [0.5, 0.6) is 0 Å². The third kappa shape index (κ3) is 3.30. The number of anilines is 1. The normalized spacial score (nSPS) is 11.8. The smallest absolute Gasteiger partial charge is 0.398 e. The van der Waals surface area contributed by atoms with E-state index >= 15 is 0 Å². The largest absolute Gasteiger partial charge is 0.416 e. The number of rotatable bonds is 2. The second-order valence-electron chi connectivity index (χ2n) is 7.54. The highest BCUT2D eigenvalue weighted by Gasteiger charge is 2.30. The van der Waals surface area contributed by atoms with Gasteiger partial charge in [-0.3, -0.25) is 0 Å². The summed E-state index contributed by atoms with van der Waals surface area (Å²) >= 11 is 0. The van der Waals surface area contributed by atoms with Crippen LogP contribution in [-0.2, 0) is 6.18 Å². The summed E-state index contributed by atoms with van der Waals surface area (Å²) in [7, 11) is 0. The number of hydrogen-bond acceptors (Lipinski definition) is 1. The molecule has 1 nitrogen and oxygen atoms in total. The van der Waals surface area contributed by atoms with Crippen LogP contribution in [0.4, 0.5) is 18.9 Å². The zero-order chi connectivity index (χ0) is 21.6. The SMILES string of the molecule is Nc1c(-c2ccccc2)c2cc(-c3ccc(C(F)(F)F)cc3)ccc2c2ccccc12. The minimum absolute atomic E-state index is 0.655. The average Bonchev–Trinajstić information content (AvgIpc) is 2.79. The molecule has 0 aromatic heterocycles. The van der Waals surface area contributed by atoms with Gasteiger partial charge < -0.3 is 5.73 Å². The molecule has 0 bridgehead atoms. The molecule has 0 aliphatic carbocycles. The lowest BCUT2D eigenvalue weighted by Gasteiger charge is -2.16. The van der Waals surface area contributed by atoms with Crippen molar-refractivity contribution in [3.8, 4) is 22.3 Å². The molecule has 0 aliphatic rings. The summed E-state index contributed by atoms with van der Waals surface area (Å²) < 4.78 is 38.8. The number of nitrogen functional groups attached to an aromatic ring is 1. The zero-order valence-electron chi connectivity index (χ0n) is 16.4. The van der Waals surface area contributed by atoms with E-state index in [0.717, 1.165) is 55.9 Å². The van der Waals surface area contributed by atoms with E-state index in [1.165, 1.54) is 12.1 Å². The first kappa shape index (κ1) is 19.2. The van der Waals surface area contributed by atoms with Crippen LogP contribution in [0.1, 0.15) is 5.56 Å². The van der Waals surface area contributed by atoms with E-state index in [2.05, 4.69) is 0 Å². The number of benzene rings is 5. The van der Waals surface area contributed by atoms with E-state index in [-0.39, 0.29) is 0 Å². The van der Waals surface area contributed by atoms with Gasteiger partial charge in [0.25, 0.3) is 0 Å². The quantitative estimate of drug-likeness (QED) is 0.231. The molecular weight excluding hydrogens is 395 g/mol. The van der Waals surface area contributed by atoms with Gasteiger partial charge >= 0.3 is 6.18 Å². The molecule has 31 heavy (non-hydrogen) atoms. The maximum Gasteiger partial charge on any atom is 0.416 e. The van der Waals surface area contributed by atoms with Crippen molar-refractivity contribution in [2.24, 2.45) is 0 Å². The Morgan fingerprint density at radius 1 is 0.516 bits per heavy atom. The number of halogens is 3. The number of alkyl halides is 3. The molecule has 0 spiro atoms. The second-order valence-corrected chi connectivity index (χ2v) is 7.54. The van der Waals surface area contributed by atoms with Crippen molar-refractivity contribution in [3.05, 3.63) is 103 Å². The third-order valence-corrected chi connectivity index (χ3v) is 5.67. The van der Waals surface area contributed by atoms with Crippen LogP contribution in [0.15, 0.2) is 97.1 Å². The second kappa shape index (κ2) is 7.17. The van der Waals surface area contributed by atoms with E-state index < -0.39 is 11.7 Å². The summed E-state index contributed by atoms with van der Waals surface area (Å²) in [5, 5.41) is 4.06. The lowest BCUT2D eigenvalue weighted by Crippen LogP contribution is -2.03. The summed E-state index contributed by atoms with van der Waals surface area (Å²) in [6.07, 6.45) is -4.35. The van der Waals surface area contributed by atoms with Crippen molar-refractivity contribution in [1.82, 2.24) is 0 Å². The fraction of sp³-hybridized carbons (Fsp3) is 0.0370. The van der Waals surface area contributed by atoms with Crippen LogP contribution in [0.2, 0.25) is 0 Å². The van der Waals surface area contributed by atoms with Crippen molar-refractivity contribution >= 4 is 27.2 Å². The van der Waals surface area contributed by atoms with Crippen LogP contribution >= 0.6 is 0 Å². The standard InChI is InChI=1S/C27H18F3N/c28-27(29,30)20-13-10-17(11-14-20)19-12-15-22-21-8-4-5-9-23(21)26(31)25(24(22)16-19)18-6-2-1-3-7-18/h1-16H,31H2. The molecule has 5 aromatic carbocycles. The molecule has 0 saturated carbocycles. The highest BCUT2D eigenvalue weighted by atomic mass is 19.4. The van der Waals surface area contributed by atoms with Gasteiger partial charge in [0.05, 0.1) is 5.56 Å². The van der Waals surface area contributed by atoms with Crippen LogP contribution in [0.3, 0.4) is 0 Å². The monoisotopic (exact) mass is 413 g/mol. The molecule has 152 valence electrons. The molecule has 5 rings (SSSR count). The summed E-state index contributed by atoms with van der Waals surface area (Å²) in [6.45, 7) is 0. The van der Waals surface area contributed by atoms with Gasteiger partial charge in [-0.2, -0.15) is 13.2 Å². The Bertz CT molecular complexity index is 1400. The van der Waals surface area contributed by atoms with E-state index in [1.54, 1.807) is 0 Å². The Morgan fingerprint density at radius 3 is 1.77 bits per heavy atom. The van der Waals surface area contributed by atoms with Crippen molar-refractivity contribution in [2.75, 3.05) is 5.73 Å². The fourth-order valence-electron chi connectivity index (χ4n) is 4.17. The summed E-state index contributed by atoms with van der Waals surface area (Å²) in [5.41, 5.74) is 10.2. The summed E-state index contributed by atoms with van der Waals surface area (Å²) in [4.78, 5) is 0. The molecular formula is C27H18F3N. The van der Waals surface area contributed by atoms with Gasteiger partial charge in [0.1, 0.15) is 0 Å². The van der Waals surface area contributed by atoms with Crippen molar-refractivity contribution in [1.29, 1.82) is 0 Å².